The Morgan fingerprint density at radius 3 is 1.96 bits per heavy atom. The molecular weight excluding hydrogens is 288 g/mol. The van der Waals surface area contributed by atoms with Gasteiger partial charge in [-0.2, -0.15) is 0 Å². The average Bonchev–Trinajstić information content (AvgIpc) is 2.51. The maximum absolute atomic E-state index is 11.6. The Hall–Kier alpha value is -3.07. The van der Waals surface area contributed by atoms with Gasteiger partial charge in [-0.05, 0) is 64.2 Å². The summed E-state index contributed by atoms with van der Waals surface area (Å²) in [5.41, 5.74) is -0.0300. The lowest BCUT2D eigenvalue weighted by Crippen LogP contribution is -1.94. The molecule has 0 unspecified atom stereocenters. The van der Waals surface area contributed by atoms with Crippen molar-refractivity contribution in [2.24, 2.45) is 0 Å². The number of phenols is 2. The van der Waals surface area contributed by atoms with Crippen LogP contribution in [0.1, 0.15) is 17.3 Å². The Morgan fingerprint density at radius 1 is 0.783 bits per heavy atom. The molecule has 0 radical (unpaired) electrons. The lowest BCUT2D eigenvalue weighted by molar-refractivity contribution is 0.101. The normalized spacial score (nSPS) is 11.3. The highest BCUT2D eigenvalue weighted by atomic mass is 16.3. The minimum atomic E-state index is -0.361. The van der Waals surface area contributed by atoms with Gasteiger partial charge < -0.3 is 10.2 Å². The predicted octanol–water partition coefficient (Wildman–Crippen LogP) is 4.76. The Kier molecular flexibility index (Phi) is 2.78. The van der Waals surface area contributed by atoms with E-state index in [4.69, 9.17) is 0 Å². The van der Waals surface area contributed by atoms with E-state index in [0.717, 1.165) is 21.5 Å². The zero-order chi connectivity index (χ0) is 16.1. The van der Waals surface area contributed by atoms with E-state index in [9.17, 15) is 15.0 Å². The first kappa shape index (κ1) is 13.6. The number of hydrogen-bond donors (Lipinski definition) is 2. The minimum absolute atomic E-state index is 0.0300. The largest absolute Gasteiger partial charge is 0.507 e. The Bertz CT molecular complexity index is 1110. The first-order valence-corrected chi connectivity index (χ1v) is 7.37. The van der Waals surface area contributed by atoms with Crippen molar-refractivity contribution < 1.29 is 15.0 Å². The highest BCUT2D eigenvalue weighted by molar-refractivity contribution is 6.11. The lowest BCUT2D eigenvalue weighted by Gasteiger charge is -2.10. The summed E-state index contributed by atoms with van der Waals surface area (Å²) in [6.07, 6.45) is 0. The minimum Gasteiger partial charge on any atom is -0.507 e. The number of fused-ring (bicyclic) bond motifs is 3. The molecule has 0 atom stereocenters. The van der Waals surface area contributed by atoms with E-state index in [0.29, 0.717) is 10.8 Å². The number of benzene rings is 4. The number of aromatic hydroxyl groups is 2. The molecule has 0 saturated heterocycles. The van der Waals surface area contributed by atoms with Crippen molar-refractivity contribution >= 4 is 38.1 Å². The highest BCUT2D eigenvalue weighted by Crippen LogP contribution is 2.38. The summed E-state index contributed by atoms with van der Waals surface area (Å²) in [5, 5.41) is 25.9. The summed E-state index contributed by atoms with van der Waals surface area (Å²) in [6, 6.07) is 17.5. The van der Waals surface area contributed by atoms with Crippen molar-refractivity contribution in [3.63, 3.8) is 0 Å². The summed E-state index contributed by atoms with van der Waals surface area (Å²) in [5.74, 6) is -0.717. The molecule has 0 aliphatic rings. The van der Waals surface area contributed by atoms with Gasteiger partial charge in [-0.15, -0.1) is 0 Å². The molecule has 0 spiro atoms. The quantitative estimate of drug-likeness (QED) is 0.394. The van der Waals surface area contributed by atoms with Crippen molar-refractivity contribution in [2.75, 3.05) is 0 Å². The van der Waals surface area contributed by atoms with Gasteiger partial charge in [0, 0.05) is 5.39 Å². The third-order valence-electron chi connectivity index (χ3n) is 4.27. The van der Waals surface area contributed by atoms with E-state index in [1.807, 2.05) is 36.4 Å². The van der Waals surface area contributed by atoms with Crippen LogP contribution in [0.15, 0.2) is 54.6 Å². The number of phenolic OH excluding ortho intramolecular Hbond substituents is 2. The lowest BCUT2D eigenvalue weighted by atomic mass is 9.96. The van der Waals surface area contributed by atoms with Crippen molar-refractivity contribution in [3.05, 3.63) is 60.2 Å². The zero-order valence-corrected chi connectivity index (χ0v) is 12.5. The third-order valence-corrected chi connectivity index (χ3v) is 4.27. The van der Waals surface area contributed by atoms with Crippen molar-refractivity contribution in [1.82, 2.24) is 0 Å². The van der Waals surface area contributed by atoms with E-state index in [-0.39, 0.29) is 22.8 Å². The highest BCUT2D eigenvalue weighted by Gasteiger charge is 2.16. The molecule has 0 aliphatic heterocycles. The molecule has 23 heavy (non-hydrogen) atoms. The van der Waals surface area contributed by atoms with E-state index < -0.39 is 0 Å². The van der Waals surface area contributed by atoms with Gasteiger partial charge in [-0.1, -0.05) is 24.3 Å². The van der Waals surface area contributed by atoms with Crippen LogP contribution in [0, 0.1) is 0 Å². The topological polar surface area (TPSA) is 57.5 Å². The SMILES string of the molecule is CC(=O)c1c(O)cc2cc3cc4ccccc4cc3cc2c1O. The summed E-state index contributed by atoms with van der Waals surface area (Å²) < 4.78 is 0. The standard InChI is InChI=1S/C20H14O3/c1-11(21)19-18(22)10-16-8-14-6-12-4-2-3-5-13(12)7-15(14)9-17(16)20(19)23/h2-10,22-23H,1H3. The maximum Gasteiger partial charge on any atom is 0.167 e. The molecule has 2 N–H and O–H groups in total. The smallest absolute Gasteiger partial charge is 0.167 e. The summed E-state index contributed by atoms with van der Waals surface area (Å²) in [7, 11) is 0. The molecule has 0 aliphatic carbocycles. The van der Waals surface area contributed by atoms with E-state index in [2.05, 4.69) is 12.1 Å². The molecule has 0 amide bonds. The van der Waals surface area contributed by atoms with Crippen LogP contribution in [0.25, 0.3) is 32.3 Å². The number of Topliss-reactive ketones (excluding diaryl/α,β-unsaturated/α-hetero) is 1. The second kappa shape index (κ2) is 4.71. The number of ketones is 1. The van der Waals surface area contributed by atoms with Gasteiger partial charge in [0.25, 0.3) is 0 Å². The van der Waals surface area contributed by atoms with Crippen LogP contribution in [0.5, 0.6) is 11.5 Å². The van der Waals surface area contributed by atoms with Gasteiger partial charge in [0.05, 0.1) is 0 Å². The average molecular weight is 302 g/mol. The maximum atomic E-state index is 11.6. The van der Waals surface area contributed by atoms with Gasteiger partial charge in [0.15, 0.2) is 5.78 Å². The van der Waals surface area contributed by atoms with Crippen LogP contribution >= 0.6 is 0 Å². The molecule has 0 heterocycles. The molecule has 0 aromatic heterocycles. The molecule has 0 fully saturated rings. The van der Waals surface area contributed by atoms with Crippen molar-refractivity contribution in [1.29, 1.82) is 0 Å². The van der Waals surface area contributed by atoms with Crippen LogP contribution in [-0.2, 0) is 0 Å². The number of carbonyl (C=O) groups excluding carboxylic acids is 1. The number of carbonyl (C=O) groups is 1. The van der Waals surface area contributed by atoms with Crippen molar-refractivity contribution in [2.45, 2.75) is 6.92 Å². The predicted molar refractivity (Wildman–Crippen MR) is 92.3 cm³/mol. The molecular formula is C20H14O3. The molecule has 3 nitrogen and oxygen atoms in total. The Labute approximate surface area is 132 Å². The molecule has 4 aromatic rings. The monoisotopic (exact) mass is 302 g/mol. The van der Waals surface area contributed by atoms with Gasteiger partial charge in [0.2, 0.25) is 0 Å². The van der Waals surface area contributed by atoms with Crippen molar-refractivity contribution in [3.8, 4) is 11.5 Å². The number of hydrogen-bond acceptors (Lipinski definition) is 3. The third kappa shape index (κ3) is 2.01. The van der Waals surface area contributed by atoms with Gasteiger partial charge >= 0.3 is 0 Å². The molecule has 0 saturated carbocycles. The fraction of sp³-hybridized carbons (Fsp3) is 0.0500. The fourth-order valence-corrected chi connectivity index (χ4v) is 3.16. The second-order valence-electron chi connectivity index (χ2n) is 5.80. The van der Waals surface area contributed by atoms with Crippen LogP contribution in [0.4, 0.5) is 0 Å². The van der Waals surface area contributed by atoms with Crippen LogP contribution in [0.3, 0.4) is 0 Å². The van der Waals surface area contributed by atoms with E-state index >= 15 is 0 Å². The second-order valence-corrected chi connectivity index (χ2v) is 5.80. The van der Waals surface area contributed by atoms with Crippen LogP contribution in [-0.4, -0.2) is 16.0 Å². The number of rotatable bonds is 1. The summed E-state index contributed by atoms with van der Waals surface area (Å²) in [4.78, 5) is 11.6. The van der Waals surface area contributed by atoms with Gasteiger partial charge in [-0.25, -0.2) is 0 Å². The van der Waals surface area contributed by atoms with E-state index in [1.165, 1.54) is 13.0 Å². The first-order chi connectivity index (χ1) is 11.0. The summed E-state index contributed by atoms with van der Waals surface area (Å²) >= 11 is 0. The molecule has 3 heteroatoms. The molecule has 112 valence electrons. The van der Waals surface area contributed by atoms with Crippen LogP contribution < -0.4 is 0 Å². The summed E-state index contributed by atoms with van der Waals surface area (Å²) in [6.45, 7) is 1.33. The van der Waals surface area contributed by atoms with Gasteiger partial charge in [-0.3, -0.25) is 4.79 Å². The fourth-order valence-electron chi connectivity index (χ4n) is 3.16. The first-order valence-electron chi connectivity index (χ1n) is 7.37. The van der Waals surface area contributed by atoms with Gasteiger partial charge in [0.1, 0.15) is 17.1 Å². The molecule has 4 aromatic carbocycles. The van der Waals surface area contributed by atoms with Crippen LogP contribution in [0.2, 0.25) is 0 Å². The Balaban J connectivity index is 2.14. The Morgan fingerprint density at radius 2 is 1.35 bits per heavy atom. The zero-order valence-electron chi connectivity index (χ0n) is 12.5. The molecule has 0 bridgehead atoms. The molecule has 4 rings (SSSR count). The van der Waals surface area contributed by atoms with E-state index in [1.54, 1.807) is 0 Å².